The zero-order valence-corrected chi connectivity index (χ0v) is 79.1. The van der Waals surface area contributed by atoms with Crippen LogP contribution in [-0.4, -0.2) is 442 Å². The fraction of sp³-hybridized carbons (Fsp3) is 0.854. The number of aliphatic hydroxyl groups is 25. The van der Waals surface area contributed by atoms with E-state index in [1.807, 2.05) is 20.8 Å². The number of carboxylic acid groups (broad SMARTS) is 1. The highest BCUT2D eigenvalue weighted by Gasteiger charge is 2.70. The van der Waals surface area contributed by atoms with Crippen LogP contribution in [0.1, 0.15) is 160 Å². The van der Waals surface area contributed by atoms with Crippen LogP contribution >= 0.6 is 0 Å². The van der Waals surface area contributed by atoms with Gasteiger partial charge < -0.3 is 218 Å². The molecule has 0 radical (unpaired) electrons. The molecule has 0 spiro atoms. The van der Waals surface area contributed by atoms with Gasteiger partial charge in [0.25, 0.3) is 6.29 Å². The number of carbonyl (C=O) groups is 4. The monoisotopic (exact) mass is 2010 g/mol. The Morgan fingerprint density at radius 2 is 1.21 bits per heavy atom. The number of fused-ring (bicyclic) bond motifs is 5. The highest BCUT2D eigenvalue weighted by Crippen LogP contribution is 2.75. The van der Waals surface area contributed by atoms with Crippen molar-refractivity contribution in [3.8, 4) is 0 Å². The number of carbonyl (C=O) groups excluding carboxylic acids is 3. The summed E-state index contributed by atoms with van der Waals surface area (Å²) in [7, 11) is 0. The van der Waals surface area contributed by atoms with Gasteiger partial charge in [0.05, 0.1) is 57.5 Å². The number of esters is 2. The molecule has 4 aliphatic carbocycles. The van der Waals surface area contributed by atoms with Crippen LogP contribution in [0, 0.1) is 44.8 Å². The molecule has 0 aromatic heterocycles. The van der Waals surface area contributed by atoms with E-state index < -0.39 is 352 Å². The van der Waals surface area contributed by atoms with Gasteiger partial charge in [-0.25, -0.2) is 15.0 Å². The third-order valence-corrected chi connectivity index (χ3v) is 29.5. The van der Waals surface area contributed by atoms with Crippen LogP contribution in [0.25, 0.3) is 0 Å². The SMILES string of the molecule is CCC(OC1OC(C)C(OC(C)=O)C(OC(O)/C(O)=C(/O)C(C)O)C1O)/C(O)=C(\OC1OC(C)C(OC2OCC(O)C(OC3OC(CO)C(O)C(O)C3O)C2O)C(O)C1O)C(O)OC(=O)CCCC(C)(C)CC1C[C@H](O)C[C@]2(C)C1=CCC1[C@@]3(C)CC[C@H](OC4OC(C(=O)O)C(O)C(OC5OCC(O)C(O)C5O)C4OC(O)/C(O)=C(/O)C(O)CCO)CC3[C@@](C)(/C=N/NC(=O)N3CCOCC3)C[C@]12C. The number of nitrogens with one attached hydrogen (secondary N) is 1. The van der Waals surface area contributed by atoms with Gasteiger partial charge in [-0.1, -0.05) is 60.1 Å². The van der Waals surface area contributed by atoms with E-state index >= 15 is 0 Å². The molecule has 27 N–H and O–H groups in total. The van der Waals surface area contributed by atoms with E-state index in [0.29, 0.717) is 38.5 Å². The molecule has 0 aromatic carbocycles. The van der Waals surface area contributed by atoms with Gasteiger partial charge in [-0.15, -0.1) is 0 Å². The summed E-state index contributed by atoms with van der Waals surface area (Å²) in [6, 6.07) is -0.508. The summed E-state index contributed by atoms with van der Waals surface area (Å²) in [6.07, 6.45) is -63.4. The number of aliphatic hydroxyl groups excluding tert-OH is 25. The number of hydrogen-bond acceptors (Lipinski definition) is 47. The highest BCUT2D eigenvalue weighted by molar-refractivity contribution is 5.76. The molecular formula is C89H143N3O47. The number of urea groups is 1. The Hall–Kier alpha value is -6.25. The van der Waals surface area contributed by atoms with Crippen molar-refractivity contribution in [1.29, 1.82) is 0 Å². The lowest BCUT2D eigenvalue weighted by Crippen LogP contribution is -2.67. The largest absolute Gasteiger partial charge is 0.506 e. The van der Waals surface area contributed by atoms with Gasteiger partial charge >= 0.3 is 23.9 Å². The van der Waals surface area contributed by atoms with Crippen LogP contribution in [0.2, 0.25) is 0 Å². The molecule has 50 nitrogen and oxygen atoms in total. The van der Waals surface area contributed by atoms with E-state index in [1.54, 1.807) is 11.1 Å². The van der Waals surface area contributed by atoms with Gasteiger partial charge in [0.15, 0.2) is 72.5 Å². The zero-order valence-electron chi connectivity index (χ0n) is 79.1. The summed E-state index contributed by atoms with van der Waals surface area (Å²) in [4.78, 5) is 55.3. The van der Waals surface area contributed by atoms with Crippen LogP contribution in [0.3, 0.4) is 0 Å². The summed E-state index contributed by atoms with van der Waals surface area (Å²) in [5.74, 6) is -12.2. The zero-order chi connectivity index (χ0) is 103. The number of ether oxygens (including phenoxy) is 17. The molecule has 7 heterocycles. The number of nitrogens with zero attached hydrogens (tertiary/aromatic N) is 2. The van der Waals surface area contributed by atoms with Crippen molar-refractivity contribution in [2.45, 2.75) is 381 Å². The van der Waals surface area contributed by atoms with Gasteiger partial charge in [-0.3, -0.25) is 9.59 Å². The second kappa shape index (κ2) is 47.1. The molecule has 7 saturated heterocycles. The topological polar surface area (TPSA) is 779 Å². The van der Waals surface area contributed by atoms with Gasteiger partial charge in [0, 0.05) is 51.1 Å². The molecule has 10 fully saturated rings. The second-order valence-corrected chi connectivity index (χ2v) is 39.9. The maximum atomic E-state index is 14.4. The molecule has 0 bridgehead atoms. The summed E-state index contributed by atoms with van der Waals surface area (Å²) in [5, 5.41) is 291. The maximum Gasteiger partial charge on any atom is 0.337 e. The number of carboxylic acids is 1. The van der Waals surface area contributed by atoms with Crippen molar-refractivity contribution < 1.29 is 232 Å². The minimum Gasteiger partial charge on any atom is -0.506 e. The molecule has 11 rings (SSSR count). The molecule has 2 amide bonds. The fourth-order valence-electron chi connectivity index (χ4n) is 22.1. The highest BCUT2D eigenvalue weighted by atomic mass is 16.8. The average Bonchev–Trinajstić information content (AvgIpc) is 0.673. The normalized spacial score (nSPS) is 42.6. The van der Waals surface area contributed by atoms with E-state index in [-0.39, 0.29) is 70.2 Å². The van der Waals surface area contributed by atoms with Gasteiger partial charge in [0.2, 0.25) is 24.6 Å². The Bertz CT molecular complexity index is 4240. The number of hydrogen-bond donors (Lipinski definition) is 27. The molecule has 11 aliphatic rings. The molecule has 3 saturated carbocycles. The molecule has 43 atom stereocenters. The van der Waals surface area contributed by atoms with E-state index in [9.17, 15) is 152 Å². The number of hydrazone groups is 1. The fourth-order valence-corrected chi connectivity index (χ4v) is 22.1. The third-order valence-electron chi connectivity index (χ3n) is 29.5. The minimum atomic E-state index is -2.68. The van der Waals surface area contributed by atoms with E-state index in [0.717, 1.165) is 19.4 Å². The van der Waals surface area contributed by atoms with Crippen LogP contribution in [0.15, 0.2) is 51.3 Å². The molecule has 796 valence electrons. The lowest BCUT2D eigenvalue weighted by atomic mass is 9.33. The Kier molecular flexibility index (Phi) is 38.3. The maximum absolute atomic E-state index is 14.4. The van der Waals surface area contributed by atoms with Crippen molar-refractivity contribution in [2.75, 3.05) is 52.7 Å². The Balaban J connectivity index is 0.832. The Morgan fingerprint density at radius 1 is 0.612 bits per heavy atom. The number of allylic oxidation sites excluding steroid dienone is 2. The first-order valence-corrected chi connectivity index (χ1v) is 46.9. The number of morpholine rings is 1. The van der Waals surface area contributed by atoms with Gasteiger partial charge in [-0.05, 0) is 131 Å². The second-order valence-electron chi connectivity index (χ2n) is 39.9. The first-order chi connectivity index (χ1) is 65.2. The molecule has 37 unspecified atom stereocenters. The van der Waals surface area contributed by atoms with Crippen molar-refractivity contribution in [3.63, 3.8) is 0 Å². The smallest absolute Gasteiger partial charge is 0.337 e. The molecule has 50 heteroatoms. The summed E-state index contributed by atoms with van der Waals surface area (Å²) < 4.78 is 98.8. The number of rotatable bonds is 37. The van der Waals surface area contributed by atoms with Gasteiger partial charge in [-0.2, -0.15) is 5.10 Å². The van der Waals surface area contributed by atoms with Crippen molar-refractivity contribution >= 4 is 30.2 Å². The standard InChI is InChI=1S/C89H143N3O47/c1-12-46(130-82-65(116)70(67(37(4)127-82)128-38(5)96)133-75(119)58(109)51(102)35(2)95)55(106)72(139-80-62(113)57(108)66(36(3)126-80)135-79-64(115)68(45(100)32-125-79)136-81-61(112)56(107)54(105)47(30-94)131-81)77(121)132-50(101)14-13-19-85(6,7)28-39-26-40(97)29-88(10)42(39)15-16-48-87(9)20-17-41(27-49(87)86(8,33-89(48,88)11)34-90-91-84(122)92-21-24-123-25-22-92)129-83-73(134-76(120)59(110)52(103)43(98)18-23-93)69(63(114)71(138-83)74(117)118)137-78-60(111)53(104)44(99)31-124-78/h15,34-37,39-41,43-49,53-54,56-57,60-71,73,75-83,93-95,97-100,102-116,119-121H,12-14,16-33H2,1-11H3,(H,91,122)(H,117,118)/b58-51-,59-52-,72-55+,90-34+/t35?,36?,37?,39?,40-,41-,43?,44?,45?,46?,47?,48?,49?,53?,54?,56?,57?,60?,61?,62?,63?,64?,65?,66?,67?,68?,69?,70?,71?,73?,75?,76?,77?,78?,79?,80?,81?,82?,83?,86+,87+,88+,89+/m0/s1. The Labute approximate surface area is 799 Å². The van der Waals surface area contributed by atoms with E-state index in [2.05, 4.69) is 37.4 Å². The molecule has 139 heavy (non-hydrogen) atoms. The minimum absolute atomic E-state index is 0.0563. The lowest BCUT2D eigenvalue weighted by Gasteiger charge is -2.71. The van der Waals surface area contributed by atoms with Crippen molar-refractivity contribution in [1.82, 2.24) is 10.3 Å². The summed E-state index contributed by atoms with van der Waals surface area (Å²) in [5.41, 5.74) is -0.143. The lowest BCUT2D eigenvalue weighted by molar-refractivity contribution is -0.367. The van der Waals surface area contributed by atoms with E-state index in [4.69, 9.17) is 80.5 Å². The van der Waals surface area contributed by atoms with Crippen molar-refractivity contribution in [3.05, 3.63) is 46.2 Å². The van der Waals surface area contributed by atoms with E-state index in [1.165, 1.54) is 20.8 Å². The molecule has 7 aliphatic heterocycles. The predicted molar refractivity (Wildman–Crippen MR) is 462 cm³/mol. The predicted octanol–water partition coefficient (Wildman–Crippen LogP) is -4.29. The Morgan fingerprint density at radius 3 is 1.84 bits per heavy atom. The number of amides is 2. The first-order valence-electron chi connectivity index (χ1n) is 46.9. The number of aliphatic carboxylic acids is 1. The van der Waals surface area contributed by atoms with Crippen molar-refractivity contribution in [2.24, 2.45) is 49.9 Å². The van der Waals surface area contributed by atoms with Crippen LogP contribution < -0.4 is 5.43 Å². The molecule has 0 aromatic rings. The van der Waals surface area contributed by atoms with Crippen LogP contribution in [-0.2, 0) is 94.9 Å². The molecular weight excluding hydrogens is 1860 g/mol. The average molecular weight is 2010 g/mol. The first kappa shape index (κ1) is 113. The quantitative estimate of drug-likeness (QED) is 0.00532. The van der Waals surface area contributed by atoms with Crippen LogP contribution in [0.4, 0.5) is 4.79 Å². The third kappa shape index (κ3) is 24.9. The summed E-state index contributed by atoms with van der Waals surface area (Å²) in [6.45, 7) is 16.6. The summed E-state index contributed by atoms with van der Waals surface area (Å²) >= 11 is 0. The van der Waals surface area contributed by atoms with Gasteiger partial charge in [0.1, 0.15) is 128 Å². The van der Waals surface area contributed by atoms with Crippen LogP contribution in [0.5, 0.6) is 0 Å².